The van der Waals surface area contributed by atoms with Gasteiger partial charge >= 0.3 is 0 Å². The molecule has 3 aromatic rings. The minimum absolute atomic E-state index is 0.0164. The highest BCUT2D eigenvalue weighted by Crippen LogP contribution is 2.34. The number of para-hydroxylation sites is 1. The number of halogens is 1. The monoisotopic (exact) mass is 359 g/mol. The minimum atomic E-state index is -0.358. The molecule has 0 unspecified atom stereocenters. The molecule has 0 saturated heterocycles. The van der Waals surface area contributed by atoms with Gasteiger partial charge in [0.1, 0.15) is 12.1 Å². The standard InChI is InChI=1S/C16H14ClN5O3/c1-25-14-7-10(6-11(17)16(14)24)8-18-20-15(23)9-22-13-5-3-2-4-12(13)19-21-22/h2-8,24H,9H2,1H3,(H,20,23)/b18-8-. The smallest absolute Gasteiger partial charge is 0.261 e. The van der Waals surface area contributed by atoms with E-state index in [2.05, 4.69) is 20.8 Å². The molecule has 25 heavy (non-hydrogen) atoms. The fraction of sp³-hybridized carbons (Fsp3) is 0.125. The predicted octanol–water partition coefficient (Wildman–Crippen LogP) is 1.95. The first-order valence-corrected chi connectivity index (χ1v) is 7.63. The number of hydrogen-bond donors (Lipinski definition) is 2. The number of fused-ring (bicyclic) bond motifs is 1. The number of hydrazone groups is 1. The van der Waals surface area contributed by atoms with E-state index >= 15 is 0 Å². The topological polar surface area (TPSA) is 102 Å². The molecule has 2 N–H and O–H groups in total. The highest BCUT2D eigenvalue weighted by molar-refractivity contribution is 6.32. The van der Waals surface area contributed by atoms with Gasteiger partial charge in [0.05, 0.1) is 23.9 Å². The summed E-state index contributed by atoms with van der Waals surface area (Å²) in [6.45, 7) is -0.0164. The number of nitrogens with zero attached hydrogens (tertiary/aromatic N) is 4. The third-order valence-corrected chi connectivity index (χ3v) is 3.68. The third kappa shape index (κ3) is 3.69. The second-order valence-corrected chi connectivity index (χ2v) is 5.49. The Morgan fingerprint density at radius 3 is 3.04 bits per heavy atom. The lowest BCUT2D eigenvalue weighted by Crippen LogP contribution is -2.23. The highest BCUT2D eigenvalue weighted by atomic mass is 35.5. The lowest BCUT2D eigenvalue weighted by Gasteiger charge is -2.06. The van der Waals surface area contributed by atoms with Crippen molar-refractivity contribution in [3.8, 4) is 11.5 Å². The molecule has 1 aromatic heterocycles. The number of carbonyl (C=O) groups excluding carboxylic acids is 1. The van der Waals surface area contributed by atoms with Crippen LogP contribution < -0.4 is 10.2 Å². The molecule has 0 radical (unpaired) electrons. The van der Waals surface area contributed by atoms with E-state index in [1.807, 2.05) is 24.3 Å². The van der Waals surface area contributed by atoms with Crippen LogP contribution in [-0.2, 0) is 11.3 Å². The summed E-state index contributed by atoms with van der Waals surface area (Å²) in [6.07, 6.45) is 1.39. The van der Waals surface area contributed by atoms with Crippen molar-refractivity contribution in [2.75, 3.05) is 7.11 Å². The Kier molecular flexibility index (Phi) is 4.80. The Morgan fingerprint density at radius 2 is 2.24 bits per heavy atom. The largest absolute Gasteiger partial charge is 0.503 e. The number of methoxy groups -OCH3 is 1. The van der Waals surface area contributed by atoms with Crippen molar-refractivity contribution >= 4 is 34.8 Å². The Balaban J connectivity index is 1.66. The van der Waals surface area contributed by atoms with Crippen LogP contribution in [0.25, 0.3) is 11.0 Å². The number of amides is 1. The number of ether oxygens (including phenoxy) is 1. The highest BCUT2D eigenvalue weighted by Gasteiger charge is 2.09. The summed E-state index contributed by atoms with van der Waals surface area (Å²) < 4.78 is 6.49. The van der Waals surface area contributed by atoms with Gasteiger partial charge in [-0.15, -0.1) is 5.10 Å². The van der Waals surface area contributed by atoms with Gasteiger partial charge in [0.2, 0.25) is 0 Å². The number of nitrogens with one attached hydrogen (secondary N) is 1. The molecule has 3 rings (SSSR count). The van der Waals surface area contributed by atoms with Gasteiger partial charge in [0.25, 0.3) is 5.91 Å². The van der Waals surface area contributed by atoms with Crippen molar-refractivity contribution in [1.82, 2.24) is 20.4 Å². The fourth-order valence-corrected chi connectivity index (χ4v) is 2.43. The minimum Gasteiger partial charge on any atom is -0.503 e. The maximum Gasteiger partial charge on any atom is 0.261 e. The van der Waals surface area contributed by atoms with Crippen molar-refractivity contribution in [2.24, 2.45) is 5.10 Å². The van der Waals surface area contributed by atoms with Crippen LogP contribution >= 0.6 is 11.6 Å². The summed E-state index contributed by atoms with van der Waals surface area (Å²) in [6, 6.07) is 10.4. The lowest BCUT2D eigenvalue weighted by atomic mass is 10.2. The number of benzene rings is 2. The van der Waals surface area contributed by atoms with E-state index in [0.29, 0.717) is 11.1 Å². The number of phenols is 1. The molecular weight excluding hydrogens is 346 g/mol. The summed E-state index contributed by atoms with van der Waals surface area (Å²) in [5.41, 5.74) is 4.44. The van der Waals surface area contributed by atoms with Crippen LogP contribution in [0.3, 0.4) is 0 Å². The molecule has 0 aliphatic heterocycles. The van der Waals surface area contributed by atoms with Crippen molar-refractivity contribution in [2.45, 2.75) is 6.54 Å². The second kappa shape index (κ2) is 7.18. The van der Waals surface area contributed by atoms with E-state index in [1.165, 1.54) is 24.1 Å². The Morgan fingerprint density at radius 1 is 1.44 bits per heavy atom. The molecule has 0 saturated carbocycles. The summed E-state index contributed by atoms with van der Waals surface area (Å²) in [5.74, 6) is -0.290. The van der Waals surface area contributed by atoms with Gasteiger partial charge in [-0.2, -0.15) is 5.10 Å². The van der Waals surface area contributed by atoms with E-state index in [4.69, 9.17) is 16.3 Å². The Hall–Kier alpha value is -3.13. The molecule has 128 valence electrons. The third-order valence-electron chi connectivity index (χ3n) is 3.39. The number of hydrogen-bond acceptors (Lipinski definition) is 6. The molecule has 9 heteroatoms. The van der Waals surface area contributed by atoms with Crippen LogP contribution in [0.2, 0.25) is 5.02 Å². The Labute approximate surface area is 147 Å². The van der Waals surface area contributed by atoms with Gasteiger partial charge in [0, 0.05) is 0 Å². The quantitative estimate of drug-likeness (QED) is 0.535. The zero-order valence-electron chi connectivity index (χ0n) is 13.2. The number of aromatic nitrogens is 3. The van der Waals surface area contributed by atoms with Crippen molar-refractivity contribution in [3.63, 3.8) is 0 Å². The molecule has 0 fully saturated rings. The number of rotatable bonds is 5. The van der Waals surface area contributed by atoms with Crippen molar-refractivity contribution in [3.05, 3.63) is 47.0 Å². The average Bonchev–Trinajstić information content (AvgIpc) is 3.01. The molecule has 0 bridgehead atoms. The first kappa shape index (κ1) is 16.7. The van der Waals surface area contributed by atoms with Crippen LogP contribution in [0.15, 0.2) is 41.5 Å². The number of carbonyl (C=O) groups is 1. The summed E-state index contributed by atoms with van der Waals surface area (Å²) in [4.78, 5) is 12.0. The first-order chi connectivity index (χ1) is 12.1. The van der Waals surface area contributed by atoms with Gasteiger partial charge in [0.15, 0.2) is 11.5 Å². The van der Waals surface area contributed by atoms with Crippen LogP contribution in [-0.4, -0.2) is 39.3 Å². The van der Waals surface area contributed by atoms with Gasteiger partial charge in [-0.3, -0.25) is 4.79 Å². The number of phenolic OH excluding ortho intramolecular Hbond substituents is 1. The maximum absolute atomic E-state index is 12.0. The lowest BCUT2D eigenvalue weighted by molar-refractivity contribution is -0.121. The van der Waals surface area contributed by atoms with Crippen LogP contribution in [0.4, 0.5) is 0 Å². The van der Waals surface area contributed by atoms with Crippen LogP contribution in [0, 0.1) is 0 Å². The van der Waals surface area contributed by atoms with Crippen LogP contribution in [0.1, 0.15) is 5.56 Å². The molecular formula is C16H14ClN5O3. The van der Waals surface area contributed by atoms with E-state index in [9.17, 15) is 9.90 Å². The molecule has 1 amide bonds. The van der Waals surface area contributed by atoms with Gasteiger partial charge < -0.3 is 9.84 Å². The second-order valence-electron chi connectivity index (χ2n) is 5.08. The zero-order valence-corrected chi connectivity index (χ0v) is 13.9. The average molecular weight is 360 g/mol. The molecule has 2 aromatic carbocycles. The maximum atomic E-state index is 12.0. The van der Waals surface area contributed by atoms with Crippen LogP contribution in [0.5, 0.6) is 11.5 Å². The van der Waals surface area contributed by atoms with E-state index in [1.54, 1.807) is 6.07 Å². The molecule has 1 heterocycles. The summed E-state index contributed by atoms with van der Waals surface area (Å²) >= 11 is 5.89. The van der Waals surface area contributed by atoms with Crippen molar-refractivity contribution < 1.29 is 14.6 Å². The number of aromatic hydroxyl groups is 1. The summed E-state index contributed by atoms with van der Waals surface area (Å²) in [5, 5.41) is 21.6. The molecule has 0 atom stereocenters. The molecule has 8 nitrogen and oxygen atoms in total. The van der Waals surface area contributed by atoms with E-state index < -0.39 is 0 Å². The fourth-order valence-electron chi connectivity index (χ4n) is 2.21. The molecule has 0 aliphatic carbocycles. The Bertz CT molecular complexity index is 954. The van der Waals surface area contributed by atoms with Gasteiger partial charge in [-0.05, 0) is 29.8 Å². The van der Waals surface area contributed by atoms with E-state index in [0.717, 1.165) is 5.52 Å². The normalized spacial score (nSPS) is 11.1. The van der Waals surface area contributed by atoms with Gasteiger partial charge in [-0.25, -0.2) is 10.1 Å². The molecule has 0 aliphatic rings. The van der Waals surface area contributed by atoms with Gasteiger partial charge in [-0.1, -0.05) is 28.9 Å². The summed E-state index contributed by atoms with van der Waals surface area (Å²) in [7, 11) is 1.41. The van der Waals surface area contributed by atoms with Crippen molar-refractivity contribution in [1.29, 1.82) is 0 Å². The zero-order chi connectivity index (χ0) is 17.8. The first-order valence-electron chi connectivity index (χ1n) is 7.25. The molecule has 0 spiro atoms. The predicted molar refractivity (Wildman–Crippen MR) is 92.9 cm³/mol. The SMILES string of the molecule is COc1cc(/C=N\NC(=O)Cn2nnc3ccccc32)cc(Cl)c1O. The van der Waals surface area contributed by atoms with E-state index in [-0.39, 0.29) is 29.0 Å².